The lowest BCUT2D eigenvalue weighted by Crippen LogP contribution is -2.01. The minimum atomic E-state index is -1.06. The number of benzene rings is 2. The molecule has 30 heavy (non-hydrogen) atoms. The second kappa shape index (κ2) is 8.53. The lowest BCUT2D eigenvalue weighted by atomic mass is 10.0. The largest absolute Gasteiger partial charge is 0.478 e. The fourth-order valence-corrected chi connectivity index (χ4v) is 3.05. The number of oxazole rings is 1. The van der Waals surface area contributed by atoms with E-state index < -0.39 is 5.97 Å². The molecule has 4 rings (SSSR count). The van der Waals surface area contributed by atoms with Gasteiger partial charge in [-0.05, 0) is 35.2 Å². The highest BCUT2D eigenvalue weighted by atomic mass is 16.4. The maximum Gasteiger partial charge on any atom is 0.337 e. The Bertz CT molecular complexity index is 1160. The molecule has 1 N–H and O–H groups in total. The van der Waals surface area contributed by atoms with Crippen molar-refractivity contribution in [2.45, 2.75) is 12.8 Å². The van der Waals surface area contributed by atoms with E-state index in [4.69, 9.17) is 9.52 Å². The number of hydrogen-bond donors (Lipinski definition) is 1. The highest BCUT2D eigenvalue weighted by molar-refractivity contribution is 5.92. The Morgan fingerprint density at radius 1 is 0.833 bits per heavy atom. The molecule has 0 amide bonds. The zero-order valence-corrected chi connectivity index (χ0v) is 16.0. The first-order valence-corrected chi connectivity index (χ1v) is 9.43. The first-order chi connectivity index (χ1) is 14.6. The number of carboxylic acids is 1. The Labute approximate surface area is 172 Å². The van der Waals surface area contributed by atoms with Gasteiger partial charge >= 0.3 is 5.97 Å². The Morgan fingerprint density at radius 3 is 2.23 bits per heavy atom. The molecular weight excluding hydrogens is 380 g/mol. The molecule has 2 heterocycles. The number of nitrogens with zero attached hydrogens (tertiary/aromatic N) is 2. The number of aromatic nitrogens is 2. The van der Waals surface area contributed by atoms with E-state index in [1.807, 2.05) is 42.5 Å². The highest BCUT2D eigenvalue weighted by Gasteiger charge is 2.15. The van der Waals surface area contributed by atoms with Crippen LogP contribution in [0.15, 0.2) is 83.5 Å². The van der Waals surface area contributed by atoms with Gasteiger partial charge < -0.3 is 9.52 Å². The number of carbonyl (C=O) groups is 2. The van der Waals surface area contributed by atoms with E-state index in [0.717, 1.165) is 16.7 Å². The summed E-state index contributed by atoms with van der Waals surface area (Å²) < 4.78 is 5.53. The third-order valence-corrected chi connectivity index (χ3v) is 4.71. The number of ketones is 1. The number of carboxylic acid groups (broad SMARTS) is 1. The second-order valence-electron chi connectivity index (χ2n) is 6.75. The van der Waals surface area contributed by atoms with Crippen LogP contribution in [0.5, 0.6) is 0 Å². The van der Waals surface area contributed by atoms with Gasteiger partial charge in [-0.3, -0.25) is 9.78 Å². The summed E-state index contributed by atoms with van der Waals surface area (Å²) in [6, 6.07) is 21.2. The van der Waals surface area contributed by atoms with Gasteiger partial charge in [-0.1, -0.05) is 54.6 Å². The average Bonchev–Trinajstić information content (AvgIpc) is 3.29. The quantitative estimate of drug-likeness (QED) is 0.444. The summed E-state index contributed by atoms with van der Waals surface area (Å²) in [7, 11) is 0. The summed E-state index contributed by atoms with van der Waals surface area (Å²) in [4.78, 5) is 31.4. The lowest BCUT2D eigenvalue weighted by Gasteiger charge is -2.04. The van der Waals surface area contributed by atoms with Gasteiger partial charge in [-0.15, -0.1) is 0 Å². The summed E-state index contributed by atoms with van der Waals surface area (Å²) >= 11 is 0. The molecule has 0 saturated heterocycles. The molecule has 2 aromatic carbocycles. The molecule has 0 fully saturated rings. The molecule has 6 heteroatoms. The van der Waals surface area contributed by atoms with Gasteiger partial charge in [0.25, 0.3) is 5.89 Å². The molecule has 0 saturated carbocycles. The van der Waals surface area contributed by atoms with Gasteiger partial charge in [0.1, 0.15) is 5.69 Å². The Balaban J connectivity index is 1.38. The molecular formula is C24H18N2O4. The van der Waals surface area contributed by atoms with Crippen molar-refractivity contribution in [1.82, 2.24) is 9.97 Å². The highest BCUT2D eigenvalue weighted by Crippen LogP contribution is 2.21. The third-order valence-electron chi connectivity index (χ3n) is 4.71. The maximum absolute atomic E-state index is 12.4. The number of aryl methyl sites for hydroxylation is 1. The Morgan fingerprint density at radius 2 is 1.57 bits per heavy atom. The summed E-state index contributed by atoms with van der Waals surface area (Å²) in [5.41, 5.74) is 3.83. The van der Waals surface area contributed by atoms with E-state index in [1.165, 1.54) is 24.5 Å². The Hall–Kier alpha value is -4.06. The average molecular weight is 398 g/mol. The molecule has 0 aliphatic carbocycles. The molecule has 0 aliphatic heterocycles. The zero-order chi connectivity index (χ0) is 20.9. The molecule has 0 atom stereocenters. The standard InChI is InChI=1S/C24H18N2O4/c27-21(13-8-16-6-9-18(10-7-16)17-4-2-1-3-5-17)23-26-15-22(30-23)20-12-11-19(14-25-20)24(28)29/h1-7,9-12,14-15H,8,13H2,(H,28,29). The number of rotatable bonds is 7. The van der Waals surface area contributed by atoms with Crippen LogP contribution in [0, 0.1) is 0 Å². The summed E-state index contributed by atoms with van der Waals surface area (Å²) in [6.45, 7) is 0. The summed E-state index contributed by atoms with van der Waals surface area (Å²) in [5.74, 6) is -0.910. The van der Waals surface area contributed by atoms with Crippen molar-refractivity contribution in [2.24, 2.45) is 0 Å². The summed E-state index contributed by atoms with van der Waals surface area (Å²) in [5, 5.41) is 8.93. The van der Waals surface area contributed by atoms with Crippen molar-refractivity contribution in [1.29, 1.82) is 0 Å². The number of aromatic carboxylic acids is 1. The van der Waals surface area contributed by atoms with Crippen LogP contribution in [0.1, 0.15) is 33.0 Å². The molecule has 4 aromatic rings. The van der Waals surface area contributed by atoms with Crippen LogP contribution in [0.4, 0.5) is 0 Å². The summed E-state index contributed by atoms with van der Waals surface area (Å²) in [6.07, 6.45) is 3.51. The molecule has 2 aromatic heterocycles. The van der Waals surface area contributed by atoms with Gasteiger partial charge in [-0.2, -0.15) is 0 Å². The molecule has 0 bridgehead atoms. The lowest BCUT2D eigenvalue weighted by molar-refractivity contribution is 0.0696. The van der Waals surface area contributed by atoms with Crippen molar-refractivity contribution in [3.05, 3.63) is 96.1 Å². The van der Waals surface area contributed by atoms with E-state index in [9.17, 15) is 9.59 Å². The van der Waals surface area contributed by atoms with Crippen LogP contribution in [-0.4, -0.2) is 26.8 Å². The first kappa shape index (κ1) is 19.3. The SMILES string of the molecule is O=C(O)c1ccc(-c2cnc(C(=O)CCc3ccc(-c4ccccc4)cc3)o2)nc1. The molecule has 0 aliphatic rings. The van der Waals surface area contributed by atoms with Crippen LogP contribution in [-0.2, 0) is 6.42 Å². The molecule has 0 spiro atoms. The van der Waals surface area contributed by atoms with E-state index in [1.54, 1.807) is 0 Å². The molecule has 0 unspecified atom stereocenters. The number of hydrogen-bond acceptors (Lipinski definition) is 5. The van der Waals surface area contributed by atoms with Crippen molar-refractivity contribution in [2.75, 3.05) is 0 Å². The monoisotopic (exact) mass is 398 g/mol. The third kappa shape index (κ3) is 4.33. The minimum absolute atomic E-state index is 0.0232. The number of Topliss-reactive ketones (excluding diaryl/α,β-unsaturated/α-hetero) is 1. The fourth-order valence-electron chi connectivity index (χ4n) is 3.05. The molecule has 148 valence electrons. The number of pyridine rings is 1. The normalized spacial score (nSPS) is 10.7. The van der Waals surface area contributed by atoms with Crippen LogP contribution < -0.4 is 0 Å². The van der Waals surface area contributed by atoms with E-state index in [0.29, 0.717) is 17.9 Å². The smallest absolute Gasteiger partial charge is 0.337 e. The number of carbonyl (C=O) groups excluding carboxylic acids is 1. The molecule has 0 radical (unpaired) electrons. The van der Waals surface area contributed by atoms with Gasteiger partial charge in [0.2, 0.25) is 5.78 Å². The topological polar surface area (TPSA) is 93.3 Å². The molecule has 6 nitrogen and oxygen atoms in total. The minimum Gasteiger partial charge on any atom is -0.478 e. The van der Waals surface area contributed by atoms with Crippen molar-refractivity contribution in [3.63, 3.8) is 0 Å². The van der Waals surface area contributed by atoms with Gasteiger partial charge in [-0.25, -0.2) is 9.78 Å². The van der Waals surface area contributed by atoms with Gasteiger partial charge in [0, 0.05) is 12.6 Å². The fraction of sp³-hybridized carbons (Fsp3) is 0.0833. The maximum atomic E-state index is 12.4. The second-order valence-corrected chi connectivity index (χ2v) is 6.75. The predicted octanol–water partition coefficient (Wildman–Crippen LogP) is 4.92. The van der Waals surface area contributed by atoms with Crippen LogP contribution in [0.3, 0.4) is 0 Å². The van der Waals surface area contributed by atoms with Gasteiger partial charge in [0.15, 0.2) is 5.76 Å². The van der Waals surface area contributed by atoms with Crippen molar-refractivity contribution >= 4 is 11.8 Å². The zero-order valence-electron chi connectivity index (χ0n) is 16.0. The van der Waals surface area contributed by atoms with E-state index in [2.05, 4.69) is 22.1 Å². The van der Waals surface area contributed by atoms with E-state index in [-0.39, 0.29) is 23.7 Å². The first-order valence-electron chi connectivity index (χ1n) is 9.43. The Kier molecular flexibility index (Phi) is 5.48. The van der Waals surface area contributed by atoms with Crippen molar-refractivity contribution < 1.29 is 19.1 Å². The van der Waals surface area contributed by atoms with Crippen LogP contribution in [0.2, 0.25) is 0 Å². The van der Waals surface area contributed by atoms with Crippen LogP contribution in [0.25, 0.3) is 22.6 Å². The van der Waals surface area contributed by atoms with E-state index >= 15 is 0 Å². The van der Waals surface area contributed by atoms with Crippen molar-refractivity contribution in [3.8, 4) is 22.6 Å². The van der Waals surface area contributed by atoms with Gasteiger partial charge in [0.05, 0.1) is 11.8 Å². The van der Waals surface area contributed by atoms with Crippen LogP contribution >= 0.6 is 0 Å². The predicted molar refractivity (Wildman–Crippen MR) is 111 cm³/mol.